The molecule has 98 valence electrons. The Balaban J connectivity index is 2.35. The molecule has 0 unspecified atom stereocenters. The van der Waals surface area contributed by atoms with Crippen molar-refractivity contribution in [3.05, 3.63) is 58.1 Å². The number of rotatable bonds is 3. The predicted octanol–water partition coefficient (Wildman–Crippen LogP) is 4.57. The zero-order chi connectivity index (χ0) is 13.8. The van der Waals surface area contributed by atoms with Gasteiger partial charge in [-0.05, 0) is 30.3 Å². The molecule has 0 amide bonds. The number of hydrogen-bond donors (Lipinski definition) is 0. The van der Waals surface area contributed by atoms with Gasteiger partial charge in [0.25, 0.3) is 0 Å². The molecule has 0 N–H and O–H groups in total. The van der Waals surface area contributed by atoms with Gasteiger partial charge in [-0.2, -0.15) is 0 Å². The lowest BCUT2D eigenvalue weighted by molar-refractivity contribution is 0.0598. The second kappa shape index (κ2) is 5.95. The first kappa shape index (κ1) is 13.7. The van der Waals surface area contributed by atoms with Crippen LogP contribution in [0.1, 0.15) is 10.4 Å². The molecule has 0 saturated heterocycles. The molecule has 0 spiro atoms. The molecule has 0 aliphatic heterocycles. The van der Waals surface area contributed by atoms with Crippen molar-refractivity contribution in [1.82, 2.24) is 0 Å². The number of carbonyl (C=O) groups excluding carboxylic acids is 1. The van der Waals surface area contributed by atoms with E-state index in [0.29, 0.717) is 27.1 Å². The zero-order valence-corrected chi connectivity index (χ0v) is 11.5. The van der Waals surface area contributed by atoms with Crippen molar-refractivity contribution >= 4 is 29.2 Å². The summed E-state index contributed by atoms with van der Waals surface area (Å²) in [5.41, 5.74) is 0.334. The third-order valence-corrected chi connectivity index (χ3v) is 2.79. The maximum absolute atomic E-state index is 11.6. The first-order valence-corrected chi connectivity index (χ1v) is 6.17. The maximum atomic E-state index is 11.6. The van der Waals surface area contributed by atoms with Crippen molar-refractivity contribution < 1.29 is 14.3 Å². The smallest absolute Gasteiger partial charge is 0.341 e. The molecule has 0 atom stereocenters. The van der Waals surface area contributed by atoms with Gasteiger partial charge in [0, 0.05) is 10.0 Å². The first-order chi connectivity index (χ1) is 9.10. The topological polar surface area (TPSA) is 35.5 Å². The number of methoxy groups -OCH3 is 1. The van der Waals surface area contributed by atoms with Crippen LogP contribution in [-0.2, 0) is 4.74 Å². The minimum Gasteiger partial charge on any atom is -0.465 e. The summed E-state index contributed by atoms with van der Waals surface area (Å²) >= 11 is 11.8. The van der Waals surface area contributed by atoms with Crippen molar-refractivity contribution in [3.8, 4) is 11.5 Å². The molecule has 3 nitrogen and oxygen atoms in total. The van der Waals surface area contributed by atoms with Gasteiger partial charge in [-0.3, -0.25) is 0 Å². The lowest BCUT2D eigenvalue weighted by Gasteiger charge is -2.10. The number of benzene rings is 2. The van der Waals surface area contributed by atoms with E-state index in [1.165, 1.54) is 7.11 Å². The molecule has 0 radical (unpaired) electrons. The average molecular weight is 297 g/mol. The third kappa shape index (κ3) is 3.40. The van der Waals surface area contributed by atoms with Gasteiger partial charge < -0.3 is 9.47 Å². The van der Waals surface area contributed by atoms with Crippen LogP contribution in [0.25, 0.3) is 0 Å². The predicted molar refractivity (Wildman–Crippen MR) is 74.3 cm³/mol. The lowest BCUT2D eigenvalue weighted by atomic mass is 10.2. The molecular weight excluding hydrogens is 287 g/mol. The minimum atomic E-state index is -0.469. The highest BCUT2D eigenvalue weighted by molar-refractivity contribution is 6.34. The van der Waals surface area contributed by atoms with Gasteiger partial charge in [-0.25, -0.2) is 4.79 Å². The highest BCUT2D eigenvalue weighted by Gasteiger charge is 2.13. The Bertz CT molecular complexity index is 591. The molecule has 0 saturated carbocycles. The van der Waals surface area contributed by atoms with Gasteiger partial charge in [0.15, 0.2) is 0 Å². The van der Waals surface area contributed by atoms with E-state index in [4.69, 9.17) is 32.7 Å². The van der Waals surface area contributed by atoms with Crippen molar-refractivity contribution in [1.29, 1.82) is 0 Å². The SMILES string of the molecule is COC(=O)c1ccccc1Oc1cc(Cl)cc(Cl)c1. The Hall–Kier alpha value is -1.71. The van der Waals surface area contributed by atoms with Gasteiger partial charge in [0.2, 0.25) is 0 Å². The van der Waals surface area contributed by atoms with E-state index in [0.717, 1.165) is 0 Å². The molecule has 2 rings (SSSR count). The Labute approximate surface area is 120 Å². The fourth-order valence-corrected chi connectivity index (χ4v) is 2.05. The summed E-state index contributed by atoms with van der Waals surface area (Å²) in [5.74, 6) is 0.366. The molecule has 2 aromatic carbocycles. The largest absolute Gasteiger partial charge is 0.465 e. The molecule has 2 aromatic rings. The van der Waals surface area contributed by atoms with Crippen molar-refractivity contribution in [2.45, 2.75) is 0 Å². The Morgan fingerprint density at radius 1 is 1.05 bits per heavy atom. The molecule has 0 aliphatic rings. The highest BCUT2D eigenvalue weighted by Crippen LogP contribution is 2.30. The van der Waals surface area contributed by atoms with Crippen molar-refractivity contribution in [3.63, 3.8) is 0 Å². The molecule has 0 fully saturated rings. The normalized spacial score (nSPS) is 10.1. The van der Waals surface area contributed by atoms with Crippen LogP contribution in [-0.4, -0.2) is 13.1 Å². The van der Waals surface area contributed by atoms with Crippen LogP contribution in [0, 0.1) is 0 Å². The van der Waals surface area contributed by atoms with Crippen LogP contribution in [0.4, 0.5) is 0 Å². The number of hydrogen-bond acceptors (Lipinski definition) is 3. The van der Waals surface area contributed by atoms with Gasteiger partial charge in [-0.15, -0.1) is 0 Å². The summed E-state index contributed by atoms with van der Waals surface area (Å²) in [4.78, 5) is 11.6. The average Bonchev–Trinajstić information content (AvgIpc) is 2.37. The van der Waals surface area contributed by atoms with Crippen molar-refractivity contribution in [2.24, 2.45) is 0 Å². The van der Waals surface area contributed by atoms with E-state index >= 15 is 0 Å². The first-order valence-electron chi connectivity index (χ1n) is 5.41. The molecule has 0 aromatic heterocycles. The summed E-state index contributed by atoms with van der Waals surface area (Å²) < 4.78 is 10.3. The molecule has 0 heterocycles. The van der Waals surface area contributed by atoms with E-state index in [1.807, 2.05) is 0 Å². The van der Waals surface area contributed by atoms with Crippen LogP contribution in [0.3, 0.4) is 0 Å². The van der Waals surface area contributed by atoms with Crippen LogP contribution >= 0.6 is 23.2 Å². The molecule has 0 aliphatic carbocycles. The molecule has 5 heteroatoms. The standard InChI is InChI=1S/C14H10Cl2O3/c1-18-14(17)12-4-2-3-5-13(12)19-11-7-9(15)6-10(16)8-11/h2-8H,1H3. The fraction of sp³-hybridized carbons (Fsp3) is 0.0714. The second-order valence-electron chi connectivity index (χ2n) is 3.69. The molecule has 0 bridgehead atoms. The van der Waals surface area contributed by atoms with Crippen LogP contribution in [0.5, 0.6) is 11.5 Å². The number of para-hydroxylation sites is 1. The summed E-state index contributed by atoms with van der Waals surface area (Å²) in [7, 11) is 1.31. The minimum absolute atomic E-state index is 0.334. The van der Waals surface area contributed by atoms with E-state index in [-0.39, 0.29) is 0 Å². The lowest BCUT2D eigenvalue weighted by Crippen LogP contribution is -2.03. The van der Waals surface area contributed by atoms with E-state index in [1.54, 1.807) is 42.5 Å². The highest BCUT2D eigenvalue weighted by atomic mass is 35.5. The molecule has 19 heavy (non-hydrogen) atoms. The Kier molecular flexibility index (Phi) is 4.30. The second-order valence-corrected chi connectivity index (χ2v) is 4.57. The van der Waals surface area contributed by atoms with Gasteiger partial charge in [-0.1, -0.05) is 35.3 Å². The number of esters is 1. The van der Waals surface area contributed by atoms with Crippen LogP contribution in [0.2, 0.25) is 10.0 Å². The maximum Gasteiger partial charge on any atom is 0.341 e. The number of halogens is 2. The number of ether oxygens (including phenoxy) is 2. The van der Waals surface area contributed by atoms with Crippen LogP contribution in [0.15, 0.2) is 42.5 Å². The van der Waals surface area contributed by atoms with E-state index in [2.05, 4.69) is 0 Å². The van der Waals surface area contributed by atoms with Gasteiger partial charge in [0.05, 0.1) is 7.11 Å². The van der Waals surface area contributed by atoms with E-state index < -0.39 is 5.97 Å². The monoisotopic (exact) mass is 296 g/mol. The van der Waals surface area contributed by atoms with Gasteiger partial charge in [0.1, 0.15) is 17.1 Å². The summed E-state index contributed by atoms with van der Waals surface area (Å²) in [5, 5.41) is 0.913. The van der Waals surface area contributed by atoms with Gasteiger partial charge >= 0.3 is 5.97 Å². The summed E-state index contributed by atoms with van der Waals surface area (Å²) in [6.45, 7) is 0. The Morgan fingerprint density at radius 2 is 1.68 bits per heavy atom. The Morgan fingerprint density at radius 3 is 2.32 bits per heavy atom. The third-order valence-electron chi connectivity index (χ3n) is 2.36. The van der Waals surface area contributed by atoms with Crippen molar-refractivity contribution in [2.75, 3.05) is 7.11 Å². The fourth-order valence-electron chi connectivity index (χ4n) is 1.55. The quantitative estimate of drug-likeness (QED) is 0.778. The van der Waals surface area contributed by atoms with E-state index in [9.17, 15) is 4.79 Å². The summed E-state index contributed by atoms with van der Waals surface area (Å²) in [6, 6.07) is 11.6. The van der Waals surface area contributed by atoms with Crippen LogP contribution < -0.4 is 4.74 Å². The zero-order valence-electron chi connectivity index (χ0n) is 10.0. The molecular formula is C14H10Cl2O3. The number of carbonyl (C=O) groups is 1. The summed E-state index contributed by atoms with van der Waals surface area (Å²) in [6.07, 6.45) is 0.